The van der Waals surface area contributed by atoms with Crippen molar-refractivity contribution in [1.82, 2.24) is 0 Å². The third-order valence-electron chi connectivity index (χ3n) is 8.49. The van der Waals surface area contributed by atoms with Crippen molar-refractivity contribution in [2.24, 2.45) is 0 Å². The van der Waals surface area contributed by atoms with Gasteiger partial charge >= 0.3 is 5.97 Å². The third kappa shape index (κ3) is 30.4. The highest BCUT2D eigenvalue weighted by atomic mass is 17.1. The van der Waals surface area contributed by atoms with E-state index < -0.39 is 12.1 Å². The Balaban J connectivity index is 3.48. The summed E-state index contributed by atoms with van der Waals surface area (Å²) in [5, 5.41) is 8.83. The van der Waals surface area contributed by atoms with Gasteiger partial charge < -0.3 is 4.74 Å². The molecule has 0 aromatic heterocycles. The Morgan fingerprint density at radius 3 is 1.02 bits per heavy atom. The van der Waals surface area contributed by atoms with Crippen LogP contribution < -0.4 is 0 Å². The van der Waals surface area contributed by atoms with Crippen molar-refractivity contribution in [2.75, 3.05) is 6.61 Å². The first-order chi connectivity index (χ1) is 19.8. The average Bonchev–Trinajstić information content (AvgIpc) is 2.97. The van der Waals surface area contributed by atoms with E-state index in [-0.39, 0.29) is 0 Å². The molecule has 0 amide bonds. The molecular formula is C36H72O4. The summed E-state index contributed by atoms with van der Waals surface area (Å²) in [6.45, 7) is 5.14. The Hall–Kier alpha value is -0.610. The van der Waals surface area contributed by atoms with E-state index in [1.54, 1.807) is 0 Å². The SMILES string of the molecule is CCCCCCCCCCCCCCCCCCOC(CCCCCCCCCCCCCCCC)C(=O)OO. The lowest BCUT2D eigenvalue weighted by Crippen LogP contribution is -2.26. The van der Waals surface area contributed by atoms with E-state index in [0.29, 0.717) is 13.0 Å². The number of carbonyl (C=O) groups excluding carboxylic acids is 1. The van der Waals surface area contributed by atoms with Gasteiger partial charge in [-0.15, -0.1) is 0 Å². The minimum absolute atomic E-state index is 0.580. The minimum atomic E-state index is -0.633. The summed E-state index contributed by atoms with van der Waals surface area (Å²) >= 11 is 0. The zero-order chi connectivity index (χ0) is 29.2. The lowest BCUT2D eigenvalue weighted by Gasteiger charge is -2.14. The maximum absolute atomic E-state index is 11.9. The van der Waals surface area contributed by atoms with Crippen molar-refractivity contribution in [3.05, 3.63) is 0 Å². The summed E-state index contributed by atoms with van der Waals surface area (Å²) in [5.41, 5.74) is 0. The number of ether oxygens (including phenoxy) is 1. The molecule has 1 unspecified atom stereocenters. The van der Waals surface area contributed by atoms with Crippen LogP contribution in [0.2, 0.25) is 0 Å². The van der Waals surface area contributed by atoms with Gasteiger partial charge in [-0.2, -0.15) is 5.26 Å². The monoisotopic (exact) mass is 569 g/mol. The van der Waals surface area contributed by atoms with E-state index in [9.17, 15) is 4.79 Å². The van der Waals surface area contributed by atoms with Gasteiger partial charge in [-0.3, -0.25) is 4.89 Å². The molecule has 0 aliphatic carbocycles. The van der Waals surface area contributed by atoms with Gasteiger partial charge in [0.2, 0.25) is 0 Å². The van der Waals surface area contributed by atoms with Crippen LogP contribution in [0, 0.1) is 0 Å². The molecule has 0 saturated carbocycles. The van der Waals surface area contributed by atoms with Crippen LogP contribution in [0.15, 0.2) is 0 Å². The Bertz CT molecular complexity index is 481. The van der Waals surface area contributed by atoms with Gasteiger partial charge in [-0.1, -0.05) is 200 Å². The number of rotatable bonds is 34. The van der Waals surface area contributed by atoms with E-state index >= 15 is 0 Å². The normalized spacial score (nSPS) is 12.2. The first-order valence-electron chi connectivity index (χ1n) is 18.2. The van der Waals surface area contributed by atoms with Crippen LogP contribution in [0.25, 0.3) is 0 Å². The second-order valence-electron chi connectivity index (χ2n) is 12.5. The van der Waals surface area contributed by atoms with Gasteiger partial charge in [0, 0.05) is 6.61 Å². The standard InChI is InChI=1S/C36H72O4/c1-3-5-7-9-11-13-15-17-19-20-22-24-26-28-30-32-34-39-35(36(37)40-38)33-31-29-27-25-23-21-18-16-14-12-10-8-6-4-2/h35,38H,3-34H2,1-2H3. The molecule has 0 radical (unpaired) electrons. The molecule has 40 heavy (non-hydrogen) atoms. The molecule has 0 rings (SSSR count). The molecule has 0 bridgehead atoms. The molecule has 4 nitrogen and oxygen atoms in total. The highest BCUT2D eigenvalue weighted by molar-refractivity contribution is 5.73. The molecule has 4 heteroatoms. The van der Waals surface area contributed by atoms with Crippen molar-refractivity contribution < 1.29 is 19.7 Å². The zero-order valence-electron chi connectivity index (χ0n) is 27.4. The van der Waals surface area contributed by atoms with Crippen LogP contribution in [-0.4, -0.2) is 23.9 Å². The van der Waals surface area contributed by atoms with E-state index in [1.807, 2.05) is 0 Å². The van der Waals surface area contributed by atoms with Gasteiger partial charge in [0.25, 0.3) is 0 Å². The fraction of sp³-hybridized carbons (Fsp3) is 0.972. The second kappa shape index (κ2) is 34.6. The molecule has 0 spiro atoms. The predicted molar refractivity (Wildman–Crippen MR) is 173 cm³/mol. The molecule has 0 fully saturated rings. The predicted octanol–water partition coefficient (Wildman–Crippen LogP) is 12.5. The van der Waals surface area contributed by atoms with Crippen molar-refractivity contribution in [2.45, 2.75) is 219 Å². The molecule has 1 atom stereocenters. The highest BCUT2D eigenvalue weighted by Crippen LogP contribution is 2.16. The quantitative estimate of drug-likeness (QED) is 0.0476. The van der Waals surface area contributed by atoms with Crippen molar-refractivity contribution >= 4 is 5.97 Å². The van der Waals surface area contributed by atoms with E-state index in [1.165, 1.54) is 167 Å². The second-order valence-corrected chi connectivity index (χ2v) is 12.5. The van der Waals surface area contributed by atoms with Crippen molar-refractivity contribution in [3.63, 3.8) is 0 Å². The summed E-state index contributed by atoms with van der Waals surface area (Å²) in [6.07, 6.45) is 40.0. The molecule has 0 aromatic rings. The van der Waals surface area contributed by atoms with Gasteiger partial charge in [0.05, 0.1) is 0 Å². The van der Waals surface area contributed by atoms with Crippen LogP contribution in [-0.2, 0) is 14.4 Å². The zero-order valence-corrected chi connectivity index (χ0v) is 27.4. The van der Waals surface area contributed by atoms with Crippen molar-refractivity contribution in [1.29, 1.82) is 0 Å². The molecule has 0 saturated heterocycles. The molecule has 0 aromatic carbocycles. The molecular weight excluding hydrogens is 496 g/mol. The van der Waals surface area contributed by atoms with E-state index in [0.717, 1.165) is 25.7 Å². The van der Waals surface area contributed by atoms with Crippen LogP contribution in [0.1, 0.15) is 213 Å². The van der Waals surface area contributed by atoms with Crippen molar-refractivity contribution in [3.8, 4) is 0 Å². The fourth-order valence-corrected chi connectivity index (χ4v) is 5.73. The summed E-state index contributed by atoms with van der Waals surface area (Å²) < 4.78 is 5.79. The Morgan fingerprint density at radius 1 is 0.450 bits per heavy atom. The van der Waals surface area contributed by atoms with Gasteiger partial charge in [0.1, 0.15) is 0 Å². The Morgan fingerprint density at radius 2 is 0.725 bits per heavy atom. The fourth-order valence-electron chi connectivity index (χ4n) is 5.73. The molecule has 1 N–H and O–H groups in total. The Labute approximate surface area is 251 Å². The van der Waals surface area contributed by atoms with Gasteiger partial charge in [0.15, 0.2) is 6.10 Å². The number of hydrogen-bond acceptors (Lipinski definition) is 4. The lowest BCUT2D eigenvalue weighted by atomic mass is 10.0. The molecule has 240 valence electrons. The molecule has 0 aliphatic heterocycles. The number of carbonyl (C=O) groups is 1. The third-order valence-corrected chi connectivity index (χ3v) is 8.49. The van der Waals surface area contributed by atoms with Gasteiger partial charge in [-0.05, 0) is 12.8 Å². The summed E-state index contributed by atoms with van der Waals surface area (Å²) in [4.78, 5) is 15.9. The maximum atomic E-state index is 11.9. The first kappa shape index (κ1) is 39.4. The van der Waals surface area contributed by atoms with Gasteiger partial charge in [-0.25, -0.2) is 4.79 Å². The largest absolute Gasteiger partial charge is 0.370 e. The summed E-state index contributed by atoms with van der Waals surface area (Å²) in [6, 6.07) is 0. The molecule has 0 aliphatic rings. The Kier molecular flexibility index (Phi) is 34.1. The number of hydrogen-bond donors (Lipinski definition) is 1. The highest BCUT2D eigenvalue weighted by Gasteiger charge is 2.20. The average molecular weight is 569 g/mol. The lowest BCUT2D eigenvalue weighted by molar-refractivity contribution is -0.245. The topological polar surface area (TPSA) is 55.8 Å². The minimum Gasteiger partial charge on any atom is -0.366 e. The molecule has 0 heterocycles. The van der Waals surface area contributed by atoms with Crippen LogP contribution in [0.5, 0.6) is 0 Å². The summed E-state index contributed by atoms with van der Waals surface area (Å²) in [7, 11) is 0. The maximum Gasteiger partial charge on any atom is 0.370 e. The summed E-state index contributed by atoms with van der Waals surface area (Å²) in [5.74, 6) is -0.633. The van der Waals surface area contributed by atoms with Crippen LogP contribution >= 0.6 is 0 Å². The van der Waals surface area contributed by atoms with E-state index in [4.69, 9.17) is 9.99 Å². The van der Waals surface area contributed by atoms with Crippen LogP contribution in [0.4, 0.5) is 0 Å². The van der Waals surface area contributed by atoms with Crippen LogP contribution in [0.3, 0.4) is 0 Å². The first-order valence-corrected chi connectivity index (χ1v) is 18.2. The number of unbranched alkanes of at least 4 members (excludes halogenated alkanes) is 28. The smallest absolute Gasteiger partial charge is 0.366 e. The van der Waals surface area contributed by atoms with E-state index in [2.05, 4.69) is 18.7 Å².